The summed E-state index contributed by atoms with van der Waals surface area (Å²) in [5, 5.41) is 3.63. The monoisotopic (exact) mass is 404 g/mol. The molecule has 28 heavy (non-hydrogen) atoms. The van der Waals surface area contributed by atoms with Crippen LogP contribution < -0.4 is 5.56 Å². The molecule has 0 aliphatic carbocycles. The molecule has 5 nitrogen and oxygen atoms in total. The third kappa shape index (κ3) is 3.87. The number of nitrogens with zero attached hydrogens (tertiary/aromatic N) is 3. The lowest BCUT2D eigenvalue weighted by atomic mass is 10.1. The molecule has 1 aromatic carbocycles. The summed E-state index contributed by atoms with van der Waals surface area (Å²) in [5.74, 6) is 0.178. The molecule has 3 rings (SSSR count). The number of aromatic nitrogens is 4. The van der Waals surface area contributed by atoms with Crippen LogP contribution >= 0.6 is 0 Å². The van der Waals surface area contributed by atoms with Gasteiger partial charge < -0.3 is 4.98 Å². The molecule has 0 fully saturated rings. The number of alkyl halides is 6. The van der Waals surface area contributed by atoms with Gasteiger partial charge in [0.15, 0.2) is 5.65 Å². The van der Waals surface area contributed by atoms with Gasteiger partial charge in [-0.05, 0) is 31.5 Å². The fourth-order valence-corrected chi connectivity index (χ4v) is 2.90. The van der Waals surface area contributed by atoms with E-state index in [0.717, 1.165) is 16.8 Å². The molecule has 0 aliphatic heterocycles. The molecule has 0 radical (unpaired) electrons. The number of rotatable bonds is 3. The van der Waals surface area contributed by atoms with E-state index in [1.54, 1.807) is 6.92 Å². The van der Waals surface area contributed by atoms with Crippen molar-refractivity contribution < 1.29 is 26.3 Å². The van der Waals surface area contributed by atoms with Crippen LogP contribution in [0, 0.1) is 6.92 Å². The minimum atomic E-state index is -4.60. The van der Waals surface area contributed by atoms with E-state index in [1.807, 2.05) is 0 Å². The largest absolute Gasteiger partial charge is 0.416 e. The number of H-pyrrole nitrogens is 1. The summed E-state index contributed by atoms with van der Waals surface area (Å²) < 4.78 is 78.0. The lowest BCUT2D eigenvalue weighted by molar-refractivity contribution is -0.137. The Morgan fingerprint density at radius 2 is 1.71 bits per heavy atom. The summed E-state index contributed by atoms with van der Waals surface area (Å²) in [4.78, 5) is 18.6. The molecule has 0 aliphatic rings. The van der Waals surface area contributed by atoms with Crippen LogP contribution in [0.1, 0.15) is 35.6 Å². The topological polar surface area (TPSA) is 63.6 Å². The fourth-order valence-electron chi connectivity index (χ4n) is 2.90. The Morgan fingerprint density at radius 1 is 1.11 bits per heavy atom. The van der Waals surface area contributed by atoms with Gasteiger partial charge in [0.25, 0.3) is 5.56 Å². The number of hydrogen-bond acceptors (Lipinski definition) is 3. The van der Waals surface area contributed by atoms with Crippen LogP contribution in [-0.2, 0) is 12.6 Å². The number of aromatic amines is 1. The molecule has 0 spiro atoms. The van der Waals surface area contributed by atoms with Crippen LogP contribution in [0.2, 0.25) is 0 Å². The van der Waals surface area contributed by atoms with Crippen molar-refractivity contribution in [3.8, 4) is 0 Å². The predicted molar refractivity (Wildman–Crippen MR) is 87.9 cm³/mol. The number of aryl methyl sites for hydroxylation is 1. The first-order chi connectivity index (χ1) is 12.9. The van der Waals surface area contributed by atoms with Crippen LogP contribution in [0.5, 0.6) is 0 Å². The van der Waals surface area contributed by atoms with Crippen molar-refractivity contribution in [3.05, 3.63) is 57.3 Å². The molecule has 150 valence electrons. The van der Waals surface area contributed by atoms with E-state index in [1.165, 1.54) is 19.1 Å². The average molecular weight is 404 g/mol. The van der Waals surface area contributed by atoms with Crippen molar-refractivity contribution in [2.24, 2.45) is 0 Å². The van der Waals surface area contributed by atoms with E-state index in [-0.39, 0.29) is 16.9 Å². The summed E-state index contributed by atoms with van der Waals surface area (Å²) in [7, 11) is 0. The number of nitrogens with one attached hydrogen (secondary N) is 1. The highest BCUT2D eigenvalue weighted by molar-refractivity contribution is 5.77. The second kappa shape index (κ2) is 6.64. The smallest absolute Gasteiger partial charge is 0.310 e. The van der Waals surface area contributed by atoms with Gasteiger partial charge in [0.05, 0.1) is 23.7 Å². The number of halogens is 6. The van der Waals surface area contributed by atoms with Crippen LogP contribution in [0.3, 0.4) is 0 Å². The van der Waals surface area contributed by atoms with Crippen LogP contribution in [0.25, 0.3) is 11.0 Å². The Labute approximate surface area is 154 Å². The quantitative estimate of drug-likeness (QED) is 0.667. The summed E-state index contributed by atoms with van der Waals surface area (Å²) in [5.41, 5.74) is -1.79. The van der Waals surface area contributed by atoms with Crippen molar-refractivity contribution >= 4 is 11.0 Å². The summed E-state index contributed by atoms with van der Waals surface area (Å²) in [6.07, 6.45) is -10.5. The zero-order valence-corrected chi connectivity index (χ0v) is 14.6. The van der Waals surface area contributed by atoms with Crippen molar-refractivity contribution in [1.29, 1.82) is 0 Å². The Hall–Kier alpha value is -2.85. The highest BCUT2D eigenvalue weighted by Crippen LogP contribution is 2.31. The zero-order chi connectivity index (χ0) is 20.9. The average Bonchev–Trinajstić information content (AvgIpc) is 2.90. The molecular formula is C17H14F6N4O. The van der Waals surface area contributed by atoms with Gasteiger partial charge >= 0.3 is 12.4 Å². The normalized spacial score (nSPS) is 13.9. The number of fused-ring (bicyclic) bond motifs is 1. The summed E-state index contributed by atoms with van der Waals surface area (Å²) >= 11 is 0. The Morgan fingerprint density at radius 3 is 2.25 bits per heavy atom. The molecule has 0 saturated carbocycles. The Bertz CT molecular complexity index is 1060. The van der Waals surface area contributed by atoms with Gasteiger partial charge in [0, 0.05) is 0 Å². The molecular weight excluding hydrogens is 390 g/mol. The lowest BCUT2D eigenvalue weighted by Crippen LogP contribution is -2.15. The van der Waals surface area contributed by atoms with Crippen molar-refractivity contribution in [3.63, 3.8) is 0 Å². The van der Waals surface area contributed by atoms with Crippen LogP contribution in [0.4, 0.5) is 26.3 Å². The molecule has 1 N–H and O–H groups in total. The van der Waals surface area contributed by atoms with Gasteiger partial charge in [0.2, 0.25) is 0 Å². The standard InChI is InChI=1S/C17H14F6N4O/c1-8(10-3-5-11(6-4-10)17(21,22)23)27-14-13(15(28)25-9(2)24-14)12(26-27)7-16(18,19)20/h3-6,8H,7H2,1-2H3,(H,24,25,28). The van der Waals surface area contributed by atoms with Crippen LogP contribution in [0.15, 0.2) is 29.1 Å². The highest BCUT2D eigenvalue weighted by Gasteiger charge is 2.33. The maximum atomic E-state index is 12.9. The van der Waals surface area contributed by atoms with Gasteiger partial charge in [0.1, 0.15) is 11.2 Å². The first-order valence-corrected chi connectivity index (χ1v) is 8.09. The minimum absolute atomic E-state index is 0.0621. The fraction of sp³-hybridized carbons (Fsp3) is 0.353. The SMILES string of the molecule is Cc1nc2c(c(CC(F)(F)F)nn2C(C)c2ccc(C(F)(F)F)cc2)c(=O)[nH]1. The van der Waals surface area contributed by atoms with Gasteiger partial charge in [-0.3, -0.25) is 4.79 Å². The number of hydrogen-bond donors (Lipinski definition) is 1. The molecule has 2 heterocycles. The first kappa shape index (κ1) is 19.9. The van der Waals surface area contributed by atoms with E-state index in [0.29, 0.717) is 5.56 Å². The molecule has 3 aromatic rings. The second-order valence-corrected chi connectivity index (χ2v) is 6.33. The molecule has 1 unspecified atom stereocenters. The zero-order valence-electron chi connectivity index (χ0n) is 14.6. The predicted octanol–water partition coefficient (Wildman–Crippen LogP) is 4.16. The third-order valence-corrected chi connectivity index (χ3v) is 4.21. The minimum Gasteiger partial charge on any atom is -0.310 e. The maximum Gasteiger partial charge on any atom is 0.416 e. The van der Waals surface area contributed by atoms with E-state index in [9.17, 15) is 31.1 Å². The van der Waals surface area contributed by atoms with Gasteiger partial charge in [-0.25, -0.2) is 9.67 Å². The third-order valence-electron chi connectivity index (χ3n) is 4.21. The van der Waals surface area contributed by atoms with Crippen molar-refractivity contribution in [1.82, 2.24) is 19.7 Å². The first-order valence-electron chi connectivity index (χ1n) is 8.09. The van der Waals surface area contributed by atoms with Gasteiger partial charge in [-0.1, -0.05) is 12.1 Å². The molecule has 1 atom stereocenters. The van der Waals surface area contributed by atoms with Crippen molar-refractivity contribution in [2.45, 2.75) is 38.7 Å². The van der Waals surface area contributed by atoms with E-state index in [2.05, 4.69) is 15.1 Å². The highest BCUT2D eigenvalue weighted by atomic mass is 19.4. The summed E-state index contributed by atoms with van der Waals surface area (Å²) in [6, 6.07) is 3.43. The van der Waals surface area contributed by atoms with E-state index < -0.39 is 41.6 Å². The van der Waals surface area contributed by atoms with Gasteiger partial charge in [-0.15, -0.1) is 0 Å². The van der Waals surface area contributed by atoms with E-state index in [4.69, 9.17) is 0 Å². The second-order valence-electron chi connectivity index (χ2n) is 6.33. The van der Waals surface area contributed by atoms with Gasteiger partial charge in [-0.2, -0.15) is 31.4 Å². The van der Waals surface area contributed by atoms with Crippen LogP contribution in [-0.4, -0.2) is 25.9 Å². The molecule has 11 heteroatoms. The maximum absolute atomic E-state index is 12.9. The summed E-state index contributed by atoms with van der Waals surface area (Å²) in [6.45, 7) is 3.01. The van der Waals surface area contributed by atoms with Crippen molar-refractivity contribution in [2.75, 3.05) is 0 Å². The molecule has 0 bridgehead atoms. The number of benzene rings is 1. The molecule has 0 amide bonds. The Kier molecular flexibility index (Phi) is 4.72. The molecule has 0 saturated heterocycles. The Balaban J connectivity index is 2.13. The lowest BCUT2D eigenvalue weighted by Gasteiger charge is -2.15. The van der Waals surface area contributed by atoms with E-state index >= 15 is 0 Å². The molecule has 2 aromatic heterocycles.